The number of unbranched alkanes of at least 4 members (excludes halogenated alkanes) is 1. The molecule has 0 spiro atoms. The Morgan fingerprint density at radius 2 is 2.23 bits per heavy atom. The van der Waals surface area contributed by atoms with E-state index in [1.54, 1.807) is 0 Å². The lowest BCUT2D eigenvalue weighted by Gasteiger charge is -2.07. The molecule has 0 aliphatic carbocycles. The molecular formula is C6H13O5PS. The van der Waals surface area contributed by atoms with Crippen molar-refractivity contribution in [3.63, 3.8) is 0 Å². The molecule has 7 heteroatoms. The molecule has 0 aromatic carbocycles. The molecule has 0 aliphatic rings. The fourth-order valence-corrected chi connectivity index (χ4v) is 2.44. The topological polar surface area (TPSA) is 83.8 Å². The number of aliphatic carboxylic acids is 1. The van der Waals surface area contributed by atoms with Gasteiger partial charge in [-0.15, -0.1) is 0 Å². The van der Waals surface area contributed by atoms with E-state index in [9.17, 15) is 9.36 Å². The number of hydrogen-bond donors (Lipinski definition) is 2. The van der Waals surface area contributed by atoms with E-state index < -0.39 is 19.7 Å². The molecular weight excluding hydrogens is 215 g/mol. The van der Waals surface area contributed by atoms with Crippen LogP contribution in [0.4, 0.5) is 0 Å². The maximum atomic E-state index is 10.9. The fraction of sp³-hybridized carbons (Fsp3) is 0.833. The third kappa shape index (κ3) is 8.30. The molecule has 0 aliphatic heterocycles. The predicted octanol–water partition coefficient (Wildman–Crippen LogP) is 1.72. The summed E-state index contributed by atoms with van der Waals surface area (Å²) in [5.74, 6) is -0.734. The summed E-state index contributed by atoms with van der Waals surface area (Å²) in [5, 5.41) is 8.23. The molecule has 1 atom stereocenters. The summed E-state index contributed by atoms with van der Waals surface area (Å²) < 4.78 is 15.4. The van der Waals surface area contributed by atoms with E-state index in [1.165, 1.54) is 0 Å². The Morgan fingerprint density at radius 1 is 1.62 bits per heavy atom. The van der Waals surface area contributed by atoms with Gasteiger partial charge in [-0.25, -0.2) is 3.97 Å². The zero-order valence-corrected chi connectivity index (χ0v) is 9.01. The van der Waals surface area contributed by atoms with E-state index in [2.05, 4.69) is 3.97 Å². The highest BCUT2D eigenvalue weighted by Gasteiger charge is 2.24. The van der Waals surface area contributed by atoms with E-state index in [0.717, 1.165) is 24.9 Å². The zero-order chi connectivity index (χ0) is 10.3. The highest BCUT2D eigenvalue weighted by atomic mass is 32.2. The first-order valence-electron chi connectivity index (χ1n) is 3.83. The Morgan fingerprint density at radius 3 is 2.69 bits per heavy atom. The van der Waals surface area contributed by atoms with Crippen molar-refractivity contribution >= 4 is 25.6 Å². The molecule has 1 unspecified atom stereocenters. The maximum absolute atomic E-state index is 10.9. The number of carbonyl (C=O) groups is 1. The first kappa shape index (κ1) is 13.0. The zero-order valence-electron chi connectivity index (χ0n) is 7.30. The van der Waals surface area contributed by atoms with Gasteiger partial charge in [0.05, 0.1) is 0 Å². The first-order valence-corrected chi connectivity index (χ1v) is 6.50. The minimum Gasteiger partial charge on any atom is -0.481 e. The summed E-state index contributed by atoms with van der Waals surface area (Å²) >= 11 is 0.850. The number of carboxylic acid groups (broad SMARTS) is 1. The Kier molecular flexibility index (Phi) is 6.41. The third-order valence-electron chi connectivity index (χ3n) is 1.09. The van der Waals surface area contributed by atoms with Crippen LogP contribution in [0.2, 0.25) is 0 Å². The third-order valence-corrected chi connectivity index (χ3v) is 3.56. The fourth-order valence-electron chi connectivity index (χ4n) is 0.520. The van der Waals surface area contributed by atoms with Crippen LogP contribution in [-0.2, 0) is 13.3 Å². The van der Waals surface area contributed by atoms with Crippen molar-refractivity contribution in [2.24, 2.45) is 0 Å². The van der Waals surface area contributed by atoms with Gasteiger partial charge in [0.2, 0.25) is 0 Å². The summed E-state index contributed by atoms with van der Waals surface area (Å²) in [6, 6.07) is 0. The van der Waals surface area contributed by atoms with Gasteiger partial charge in [-0.1, -0.05) is 13.3 Å². The van der Waals surface area contributed by atoms with Gasteiger partial charge >= 0.3 is 13.6 Å². The lowest BCUT2D eigenvalue weighted by molar-refractivity contribution is -0.134. The van der Waals surface area contributed by atoms with E-state index >= 15 is 0 Å². The molecule has 0 bridgehead atoms. The Hall–Kier alpha value is -0.0300. The van der Waals surface area contributed by atoms with E-state index in [-0.39, 0.29) is 0 Å². The highest BCUT2D eigenvalue weighted by Crippen LogP contribution is 2.45. The summed E-state index contributed by atoms with van der Waals surface area (Å²) in [6.45, 7) is 1.98. The molecule has 0 saturated heterocycles. The van der Waals surface area contributed by atoms with Crippen molar-refractivity contribution in [1.82, 2.24) is 0 Å². The second kappa shape index (κ2) is 6.43. The van der Waals surface area contributed by atoms with E-state index in [4.69, 9.17) is 10.00 Å². The number of carboxylic acids is 1. The summed E-state index contributed by atoms with van der Waals surface area (Å²) in [4.78, 5) is 19.0. The minimum atomic E-state index is -3.93. The Balaban J connectivity index is 3.63. The normalized spacial score (nSPS) is 15.2. The second-order valence-electron chi connectivity index (χ2n) is 2.44. The molecule has 0 rings (SSSR count). The van der Waals surface area contributed by atoms with Crippen LogP contribution in [0, 0.1) is 0 Å². The average Bonchev–Trinajstić information content (AvgIpc) is 1.95. The lowest BCUT2D eigenvalue weighted by atomic mass is 10.4. The van der Waals surface area contributed by atoms with Crippen LogP contribution < -0.4 is 0 Å². The largest absolute Gasteiger partial charge is 0.481 e. The van der Waals surface area contributed by atoms with E-state index in [0.29, 0.717) is 5.75 Å². The van der Waals surface area contributed by atoms with Crippen molar-refractivity contribution in [2.75, 3.05) is 11.9 Å². The van der Waals surface area contributed by atoms with Gasteiger partial charge in [0.15, 0.2) is 0 Å². The molecule has 0 aromatic heterocycles. The molecule has 0 aromatic rings. The van der Waals surface area contributed by atoms with Crippen LogP contribution in [0.25, 0.3) is 0 Å². The summed E-state index contributed by atoms with van der Waals surface area (Å²) in [7, 11) is -3.93. The molecule has 0 fully saturated rings. The molecule has 0 saturated carbocycles. The van der Waals surface area contributed by atoms with Crippen molar-refractivity contribution in [2.45, 2.75) is 19.8 Å². The number of hydrogen-bond acceptors (Lipinski definition) is 4. The van der Waals surface area contributed by atoms with Gasteiger partial charge in [-0.05, 0) is 6.42 Å². The van der Waals surface area contributed by atoms with Crippen molar-refractivity contribution in [3.05, 3.63) is 0 Å². The predicted molar refractivity (Wildman–Crippen MR) is 50.8 cm³/mol. The van der Waals surface area contributed by atoms with Crippen LogP contribution in [0.1, 0.15) is 19.8 Å². The van der Waals surface area contributed by atoms with Crippen LogP contribution in [0.15, 0.2) is 0 Å². The Bertz CT molecular complexity index is 207. The number of rotatable bonds is 7. The van der Waals surface area contributed by atoms with Gasteiger partial charge in [-0.3, -0.25) is 9.36 Å². The summed E-state index contributed by atoms with van der Waals surface area (Å²) in [5.41, 5.74) is 0. The van der Waals surface area contributed by atoms with Gasteiger partial charge in [0.1, 0.15) is 6.16 Å². The van der Waals surface area contributed by atoms with Crippen molar-refractivity contribution in [3.8, 4) is 0 Å². The molecule has 78 valence electrons. The molecule has 2 N–H and O–H groups in total. The quantitative estimate of drug-likeness (QED) is 0.392. The highest BCUT2D eigenvalue weighted by molar-refractivity contribution is 7.98. The smallest absolute Gasteiger partial charge is 0.350 e. The van der Waals surface area contributed by atoms with Crippen LogP contribution in [-0.4, -0.2) is 27.9 Å². The SMILES string of the molecule is CCCCSOP(=O)(O)CC(=O)O. The monoisotopic (exact) mass is 228 g/mol. The molecule has 13 heavy (non-hydrogen) atoms. The van der Waals surface area contributed by atoms with Gasteiger partial charge in [-0.2, -0.15) is 0 Å². The first-order chi connectivity index (χ1) is 5.98. The van der Waals surface area contributed by atoms with Crippen molar-refractivity contribution < 1.29 is 23.3 Å². The molecule has 0 heterocycles. The average molecular weight is 228 g/mol. The van der Waals surface area contributed by atoms with E-state index in [1.807, 2.05) is 6.92 Å². The van der Waals surface area contributed by atoms with Crippen molar-refractivity contribution in [1.29, 1.82) is 0 Å². The minimum absolute atomic E-state index is 0.598. The Labute approximate surface area is 81.2 Å². The van der Waals surface area contributed by atoms with Gasteiger partial charge in [0.25, 0.3) is 0 Å². The summed E-state index contributed by atoms with van der Waals surface area (Å²) in [6.07, 6.45) is 0.995. The maximum Gasteiger partial charge on any atom is 0.350 e. The van der Waals surface area contributed by atoms with Gasteiger partial charge in [0, 0.05) is 17.8 Å². The van der Waals surface area contributed by atoms with Crippen LogP contribution in [0.3, 0.4) is 0 Å². The molecule has 5 nitrogen and oxygen atoms in total. The van der Waals surface area contributed by atoms with Crippen LogP contribution in [0.5, 0.6) is 0 Å². The second-order valence-corrected chi connectivity index (χ2v) is 5.27. The molecule has 0 amide bonds. The van der Waals surface area contributed by atoms with Crippen LogP contribution >= 0.6 is 19.6 Å². The van der Waals surface area contributed by atoms with Gasteiger partial charge < -0.3 is 10.00 Å². The standard InChI is InChI=1S/C6H13O5PS/c1-2-3-4-13-11-12(9,10)5-6(7)8/h2-5H2,1H3,(H,7,8)(H,9,10). The molecule has 0 radical (unpaired) electrons. The lowest BCUT2D eigenvalue weighted by Crippen LogP contribution is -2.03.